The zero-order valence-corrected chi connectivity index (χ0v) is 11.2. The van der Waals surface area contributed by atoms with E-state index in [1.54, 1.807) is 12.1 Å². The highest BCUT2D eigenvalue weighted by atomic mass is 32.1. The molecule has 18 heavy (non-hydrogen) atoms. The molecular weight excluding hydrogens is 250 g/mol. The minimum atomic E-state index is 0.144. The molecule has 1 aromatic carbocycles. The molecule has 1 N–H and O–H groups in total. The number of ether oxygens (including phenoxy) is 2. The zero-order chi connectivity index (χ0) is 13.0. The number of phenolic OH excluding ortho intramolecular Hbond substituents is 1. The van der Waals surface area contributed by atoms with Gasteiger partial charge in [0, 0.05) is 18.7 Å². The fourth-order valence-electron chi connectivity index (χ4n) is 1.87. The number of thiocarbonyl (C=S) groups is 1. The molecule has 0 spiro atoms. The monoisotopic (exact) mass is 267 g/mol. The van der Waals surface area contributed by atoms with Gasteiger partial charge >= 0.3 is 0 Å². The van der Waals surface area contributed by atoms with E-state index < -0.39 is 0 Å². The maximum absolute atomic E-state index is 9.66. The van der Waals surface area contributed by atoms with Crippen molar-refractivity contribution in [2.45, 2.75) is 6.92 Å². The maximum atomic E-state index is 9.66. The molecule has 4 nitrogen and oxygen atoms in total. The molecule has 1 aromatic rings. The number of hydrogen-bond acceptors (Lipinski definition) is 4. The summed E-state index contributed by atoms with van der Waals surface area (Å²) in [6, 6.07) is 5.22. The van der Waals surface area contributed by atoms with Crippen LogP contribution >= 0.6 is 12.2 Å². The van der Waals surface area contributed by atoms with Gasteiger partial charge in [0.2, 0.25) is 0 Å². The zero-order valence-electron chi connectivity index (χ0n) is 10.4. The van der Waals surface area contributed by atoms with Gasteiger partial charge in [0.25, 0.3) is 0 Å². The smallest absolute Gasteiger partial charge is 0.161 e. The topological polar surface area (TPSA) is 41.9 Å². The molecule has 0 unspecified atom stereocenters. The number of phenols is 1. The lowest BCUT2D eigenvalue weighted by molar-refractivity contribution is 0.0693. The van der Waals surface area contributed by atoms with Crippen molar-refractivity contribution in [3.8, 4) is 11.5 Å². The molecule has 5 heteroatoms. The minimum absolute atomic E-state index is 0.144. The van der Waals surface area contributed by atoms with Crippen LogP contribution in [0.4, 0.5) is 0 Å². The normalized spacial score (nSPS) is 15.5. The van der Waals surface area contributed by atoms with Gasteiger partial charge in [-0.1, -0.05) is 12.2 Å². The van der Waals surface area contributed by atoms with Crippen LogP contribution in [-0.4, -0.2) is 47.9 Å². The minimum Gasteiger partial charge on any atom is -0.504 e. The Kier molecular flexibility index (Phi) is 4.38. The van der Waals surface area contributed by atoms with Crippen molar-refractivity contribution in [1.29, 1.82) is 0 Å². The van der Waals surface area contributed by atoms with E-state index in [1.807, 2.05) is 13.0 Å². The number of hydrogen-bond donors (Lipinski definition) is 1. The number of aromatic hydroxyl groups is 1. The van der Waals surface area contributed by atoms with E-state index in [0.717, 1.165) is 23.6 Å². The van der Waals surface area contributed by atoms with Gasteiger partial charge in [0.1, 0.15) is 4.99 Å². The Morgan fingerprint density at radius 3 is 2.83 bits per heavy atom. The highest BCUT2D eigenvalue weighted by Crippen LogP contribution is 2.27. The molecule has 1 saturated heterocycles. The maximum Gasteiger partial charge on any atom is 0.161 e. The second kappa shape index (κ2) is 6.02. The summed E-state index contributed by atoms with van der Waals surface area (Å²) in [6.07, 6.45) is 0. The van der Waals surface area contributed by atoms with Gasteiger partial charge in [-0.3, -0.25) is 0 Å². The third kappa shape index (κ3) is 2.91. The van der Waals surface area contributed by atoms with Crippen LogP contribution in [0.25, 0.3) is 0 Å². The Morgan fingerprint density at radius 2 is 2.17 bits per heavy atom. The van der Waals surface area contributed by atoms with E-state index >= 15 is 0 Å². The molecular formula is C13H17NO3S. The molecule has 1 aliphatic rings. The Bertz CT molecular complexity index is 430. The summed E-state index contributed by atoms with van der Waals surface area (Å²) < 4.78 is 10.7. The van der Waals surface area contributed by atoms with Crippen molar-refractivity contribution in [3.05, 3.63) is 23.8 Å². The third-order valence-electron chi connectivity index (χ3n) is 2.80. The Morgan fingerprint density at radius 1 is 1.44 bits per heavy atom. The van der Waals surface area contributed by atoms with Crippen LogP contribution < -0.4 is 4.74 Å². The van der Waals surface area contributed by atoms with Crippen LogP contribution in [0.5, 0.6) is 11.5 Å². The van der Waals surface area contributed by atoms with Crippen molar-refractivity contribution in [1.82, 2.24) is 4.90 Å². The summed E-state index contributed by atoms with van der Waals surface area (Å²) in [5.74, 6) is 0.621. The van der Waals surface area contributed by atoms with Gasteiger partial charge in [-0.15, -0.1) is 0 Å². The summed E-state index contributed by atoms with van der Waals surface area (Å²) in [5, 5.41) is 9.66. The number of nitrogens with zero attached hydrogens (tertiary/aromatic N) is 1. The summed E-state index contributed by atoms with van der Waals surface area (Å²) in [5.41, 5.74) is 0.896. The average Bonchev–Trinajstić information content (AvgIpc) is 2.42. The molecule has 0 aromatic heterocycles. The molecule has 0 atom stereocenters. The summed E-state index contributed by atoms with van der Waals surface area (Å²) in [7, 11) is 0. The largest absolute Gasteiger partial charge is 0.504 e. The highest BCUT2D eigenvalue weighted by Gasteiger charge is 2.16. The van der Waals surface area contributed by atoms with E-state index in [1.165, 1.54) is 0 Å². The van der Waals surface area contributed by atoms with Crippen LogP contribution in [0.3, 0.4) is 0 Å². The van der Waals surface area contributed by atoms with Crippen LogP contribution in [0.15, 0.2) is 18.2 Å². The molecule has 0 radical (unpaired) electrons. The predicted molar refractivity (Wildman–Crippen MR) is 73.4 cm³/mol. The van der Waals surface area contributed by atoms with Gasteiger partial charge in [0.05, 0.1) is 19.8 Å². The Balaban J connectivity index is 2.16. The van der Waals surface area contributed by atoms with Gasteiger partial charge in [-0.05, 0) is 25.1 Å². The van der Waals surface area contributed by atoms with Crippen LogP contribution in [0, 0.1) is 0 Å². The molecule has 0 amide bonds. The fourth-order valence-corrected chi connectivity index (χ4v) is 2.18. The first kappa shape index (κ1) is 13.1. The second-order valence-corrected chi connectivity index (χ2v) is 4.41. The van der Waals surface area contributed by atoms with Gasteiger partial charge < -0.3 is 19.5 Å². The van der Waals surface area contributed by atoms with Crippen molar-refractivity contribution < 1.29 is 14.6 Å². The average molecular weight is 267 g/mol. The van der Waals surface area contributed by atoms with Crippen LogP contribution in [0.2, 0.25) is 0 Å². The second-order valence-electron chi connectivity index (χ2n) is 4.02. The van der Waals surface area contributed by atoms with Gasteiger partial charge in [0.15, 0.2) is 11.5 Å². The quantitative estimate of drug-likeness (QED) is 0.846. The SMILES string of the molecule is CCOc1cc(C(=S)N2CCOCC2)ccc1O. The lowest BCUT2D eigenvalue weighted by Crippen LogP contribution is -2.40. The number of rotatable bonds is 3. The highest BCUT2D eigenvalue weighted by molar-refractivity contribution is 7.80. The summed E-state index contributed by atoms with van der Waals surface area (Å²) in [6.45, 7) is 5.42. The Labute approximate surface area is 112 Å². The van der Waals surface area contributed by atoms with E-state index in [2.05, 4.69) is 4.90 Å². The molecule has 1 fully saturated rings. The molecule has 1 aliphatic heterocycles. The van der Waals surface area contributed by atoms with E-state index in [4.69, 9.17) is 21.7 Å². The van der Waals surface area contributed by atoms with Crippen molar-refractivity contribution in [2.24, 2.45) is 0 Å². The lowest BCUT2D eigenvalue weighted by Gasteiger charge is -2.29. The Hall–Kier alpha value is -1.33. The van der Waals surface area contributed by atoms with Crippen molar-refractivity contribution >= 4 is 17.2 Å². The molecule has 2 rings (SSSR count). The van der Waals surface area contributed by atoms with E-state index in [0.29, 0.717) is 25.6 Å². The lowest BCUT2D eigenvalue weighted by atomic mass is 10.2. The first-order valence-corrected chi connectivity index (χ1v) is 6.46. The predicted octanol–water partition coefficient (Wildman–Crippen LogP) is 1.80. The summed E-state index contributed by atoms with van der Waals surface area (Å²) in [4.78, 5) is 2.89. The van der Waals surface area contributed by atoms with Crippen LogP contribution in [-0.2, 0) is 4.74 Å². The fraction of sp³-hybridized carbons (Fsp3) is 0.462. The standard InChI is InChI=1S/C13H17NO3S/c1-2-17-12-9-10(3-4-11(12)15)13(18)14-5-7-16-8-6-14/h3-4,9,15H,2,5-8H2,1H3. The van der Waals surface area contributed by atoms with Gasteiger partial charge in [-0.2, -0.15) is 0 Å². The number of morpholine rings is 1. The first-order valence-electron chi connectivity index (χ1n) is 6.05. The van der Waals surface area contributed by atoms with Crippen molar-refractivity contribution in [3.63, 3.8) is 0 Å². The number of benzene rings is 1. The molecule has 0 saturated carbocycles. The van der Waals surface area contributed by atoms with Gasteiger partial charge in [-0.25, -0.2) is 0 Å². The van der Waals surface area contributed by atoms with E-state index in [9.17, 15) is 5.11 Å². The van der Waals surface area contributed by atoms with E-state index in [-0.39, 0.29) is 5.75 Å². The summed E-state index contributed by atoms with van der Waals surface area (Å²) >= 11 is 5.46. The first-order chi connectivity index (χ1) is 8.72. The molecule has 1 heterocycles. The molecule has 0 aliphatic carbocycles. The molecule has 98 valence electrons. The van der Waals surface area contributed by atoms with Crippen LogP contribution in [0.1, 0.15) is 12.5 Å². The third-order valence-corrected chi connectivity index (χ3v) is 3.30. The molecule has 0 bridgehead atoms. The van der Waals surface area contributed by atoms with Crippen molar-refractivity contribution in [2.75, 3.05) is 32.9 Å².